The second kappa shape index (κ2) is 10.0. The topological polar surface area (TPSA) is 84.9 Å². The smallest absolute Gasteiger partial charge is 0.314 e. The maximum Gasteiger partial charge on any atom is 0.314 e. The Kier molecular flexibility index (Phi) is 7.17. The Morgan fingerprint density at radius 2 is 2.06 bits per heavy atom. The van der Waals surface area contributed by atoms with Gasteiger partial charge in [-0.2, -0.15) is 0 Å². The highest BCUT2D eigenvalue weighted by molar-refractivity contribution is 5.81. The molecule has 3 aliphatic rings. The highest BCUT2D eigenvalue weighted by Crippen LogP contribution is 2.48. The summed E-state index contributed by atoms with van der Waals surface area (Å²) in [5.41, 5.74) is 0.246. The van der Waals surface area contributed by atoms with Crippen molar-refractivity contribution in [2.24, 2.45) is 11.3 Å². The number of nitrogens with zero attached hydrogens (tertiary/aromatic N) is 4. The fourth-order valence-corrected chi connectivity index (χ4v) is 5.58. The van der Waals surface area contributed by atoms with Crippen molar-refractivity contribution in [2.75, 3.05) is 46.0 Å². The van der Waals surface area contributed by atoms with Gasteiger partial charge in [-0.25, -0.2) is 0 Å². The molecular weight excluding hydrogens is 396 g/mol. The number of esters is 1. The summed E-state index contributed by atoms with van der Waals surface area (Å²) in [6, 6.07) is 0.496. The molecule has 3 atom stereocenters. The Bertz CT molecular complexity index is 755. The summed E-state index contributed by atoms with van der Waals surface area (Å²) in [4.78, 5) is 38.9. The van der Waals surface area contributed by atoms with Gasteiger partial charge in [0, 0.05) is 57.2 Å². The van der Waals surface area contributed by atoms with Gasteiger partial charge in [0.15, 0.2) is 0 Å². The third-order valence-electron chi connectivity index (χ3n) is 7.29. The summed E-state index contributed by atoms with van der Waals surface area (Å²) < 4.78 is 11.1. The van der Waals surface area contributed by atoms with Crippen molar-refractivity contribution in [1.29, 1.82) is 0 Å². The first-order chi connectivity index (χ1) is 15.1. The van der Waals surface area contributed by atoms with Gasteiger partial charge in [0.1, 0.15) is 0 Å². The zero-order valence-electron chi connectivity index (χ0n) is 18.5. The van der Waals surface area contributed by atoms with Crippen LogP contribution in [0.5, 0.6) is 0 Å². The standard InChI is InChI=1S/C23H34N4O4/c1-2-31-22(29)23-7-5-20(26-11-13-30-14-12-26)15-18(23)6-10-27(17-23)21(28)4-3-19-16-24-8-9-25-19/h8-9,16,18,20H,2-7,10-15,17H2,1H3/t18-,20-,23-/m1/s1. The van der Waals surface area contributed by atoms with Crippen molar-refractivity contribution in [3.05, 3.63) is 24.3 Å². The molecule has 0 N–H and O–H groups in total. The second-order valence-electron chi connectivity index (χ2n) is 8.95. The summed E-state index contributed by atoms with van der Waals surface area (Å²) >= 11 is 0. The molecule has 0 bridgehead atoms. The van der Waals surface area contributed by atoms with Crippen molar-refractivity contribution < 1.29 is 19.1 Å². The molecular formula is C23H34N4O4. The Morgan fingerprint density at radius 1 is 1.23 bits per heavy atom. The van der Waals surface area contributed by atoms with E-state index in [2.05, 4.69) is 14.9 Å². The monoisotopic (exact) mass is 430 g/mol. The summed E-state index contributed by atoms with van der Waals surface area (Å²) in [7, 11) is 0. The van der Waals surface area contributed by atoms with Gasteiger partial charge in [-0.15, -0.1) is 0 Å². The van der Waals surface area contributed by atoms with Crippen molar-refractivity contribution in [3.8, 4) is 0 Å². The number of ether oxygens (including phenoxy) is 2. The molecule has 0 spiro atoms. The lowest BCUT2D eigenvalue weighted by Gasteiger charge is -2.52. The lowest BCUT2D eigenvalue weighted by molar-refractivity contribution is -0.171. The number of hydrogen-bond donors (Lipinski definition) is 0. The molecule has 31 heavy (non-hydrogen) atoms. The first kappa shape index (κ1) is 22.1. The van der Waals surface area contributed by atoms with Crippen LogP contribution in [0.15, 0.2) is 18.6 Å². The van der Waals surface area contributed by atoms with Crippen molar-refractivity contribution in [3.63, 3.8) is 0 Å². The zero-order valence-corrected chi connectivity index (χ0v) is 18.5. The molecule has 8 nitrogen and oxygen atoms in total. The van der Waals surface area contributed by atoms with Gasteiger partial charge in [0.25, 0.3) is 0 Å². The molecule has 170 valence electrons. The molecule has 0 aromatic carbocycles. The molecule has 2 aliphatic heterocycles. The van der Waals surface area contributed by atoms with E-state index in [1.807, 2.05) is 11.8 Å². The number of amides is 1. The van der Waals surface area contributed by atoms with Gasteiger partial charge < -0.3 is 14.4 Å². The van der Waals surface area contributed by atoms with Crippen LogP contribution < -0.4 is 0 Å². The third kappa shape index (κ3) is 4.90. The molecule has 3 heterocycles. The summed E-state index contributed by atoms with van der Waals surface area (Å²) in [5.74, 6) is 0.229. The average Bonchev–Trinajstić information content (AvgIpc) is 2.83. The van der Waals surface area contributed by atoms with Crippen LogP contribution in [0.4, 0.5) is 0 Å². The van der Waals surface area contributed by atoms with Gasteiger partial charge in [-0.1, -0.05) is 0 Å². The van der Waals surface area contributed by atoms with E-state index in [9.17, 15) is 9.59 Å². The van der Waals surface area contributed by atoms with Crippen LogP contribution in [0, 0.1) is 11.3 Å². The Morgan fingerprint density at radius 3 is 2.81 bits per heavy atom. The van der Waals surface area contributed by atoms with E-state index in [-0.39, 0.29) is 17.8 Å². The van der Waals surface area contributed by atoms with E-state index < -0.39 is 5.41 Å². The molecule has 1 aliphatic carbocycles. The molecule has 8 heteroatoms. The quantitative estimate of drug-likeness (QED) is 0.635. The van der Waals surface area contributed by atoms with E-state index in [0.717, 1.165) is 57.7 Å². The van der Waals surface area contributed by atoms with Gasteiger partial charge >= 0.3 is 5.97 Å². The number of piperidine rings is 1. The Balaban J connectivity index is 1.43. The molecule has 1 amide bonds. The highest BCUT2D eigenvalue weighted by atomic mass is 16.5. The number of carbonyl (C=O) groups is 2. The molecule has 1 aromatic rings. The molecule has 1 aromatic heterocycles. The van der Waals surface area contributed by atoms with Crippen molar-refractivity contribution in [1.82, 2.24) is 19.8 Å². The number of fused-ring (bicyclic) bond motifs is 1. The number of likely N-dealkylation sites (tertiary alicyclic amines) is 1. The normalized spacial score (nSPS) is 29.3. The van der Waals surface area contributed by atoms with E-state index in [4.69, 9.17) is 9.47 Å². The van der Waals surface area contributed by atoms with E-state index in [1.54, 1.807) is 18.6 Å². The maximum atomic E-state index is 13.2. The maximum absolute atomic E-state index is 13.2. The molecule has 1 saturated carbocycles. The van der Waals surface area contributed by atoms with Crippen LogP contribution in [-0.4, -0.2) is 83.7 Å². The number of rotatable bonds is 6. The van der Waals surface area contributed by atoms with E-state index in [1.165, 1.54) is 0 Å². The molecule has 4 rings (SSSR count). The molecule has 3 fully saturated rings. The minimum Gasteiger partial charge on any atom is -0.466 e. The summed E-state index contributed by atoms with van der Waals surface area (Å²) in [6.07, 6.45) is 9.55. The second-order valence-corrected chi connectivity index (χ2v) is 8.95. The van der Waals surface area contributed by atoms with Gasteiger partial charge in [-0.3, -0.25) is 24.5 Å². The first-order valence-corrected chi connectivity index (χ1v) is 11.6. The fraction of sp³-hybridized carbons (Fsp3) is 0.739. The van der Waals surface area contributed by atoms with Crippen LogP contribution in [0.2, 0.25) is 0 Å². The fourth-order valence-electron chi connectivity index (χ4n) is 5.58. The number of morpholine rings is 1. The Labute approximate surface area is 184 Å². The molecule has 2 saturated heterocycles. The highest BCUT2D eigenvalue weighted by Gasteiger charge is 2.54. The minimum absolute atomic E-state index is 0.0862. The minimum atomic E-state index is -0.570. The van der Waals surface area contributed by atoms with Crippen LogP contribution >= 0.6 is 0 Å². The van der Waals surface area contributed by atoms with Gasteiger partial charge in [-0.05, 0) is 44.9 Å². The zero-order chi connectivity index (χ0) is 21.7. The predicted octanol–water partition coefficient (Wildman–Crippen LogP) is 1.69. The van der Waals surface area contributed by atoms with Gasteiger partial charge in [0.2, 0.25) is 5.91 Å². The lowest BCUT2D eigenvalue weighted by atomic mass is 9.61. The molecule has 0 radical (unpaired) electrons. The SMILES string of the molecule is CCOC(=O)[C@@]12CC[C@@H](N3CCOCC3)C[C@H]1CCN(C(=O)CCc1cnccn1)C2. The largest absolute Gasteiger partial charge is 0.466 e. The van der Waals surface area contributed by atoms with Crippen LogP contribution in [0.1, 0.15) is 44.7 Å². The predicted molar refractivity (Wildman–Crippen MR) is 114 cm³/mol. The number of hydrogen-bond acceptors (Lipinski definition) is 7. The number of aromatic nitrogens is 2. The van der Waals surface area contributed by atoms with Crippen LogP contribution in [-0.2, 0) is 25.5 Å². The van der Waals surface area contributed by atoms with E-state index in [0.29, 0.717) is 38.6 Å². The Hall–Kier alpha value is -2.06. The average molecular weight is 431 g/mol. The van der Waals surface area contributed by atoms with Crippen molar-refractivity contribution >= 4 is 11.9 Å². The number of aryl methyl sites for hydroxylation is 1. The third-order valence-corrected chi connectivity index (χ3v) is 7.29. The molecule has 0 unspecified atom stereocenters. The summed E-state index contributed by atoms with van der Waals surface area (Å²) in [6.45, 7) is 6.94. The number of carbonyl (C=O) groups excluding carboxylic acids is 2. The first-order valence-electron chi connectivity index (χ1n) is 11.6. The summed E-state index contributed by atoms with van der Waals surface area (Å²) in [5, 5.41) is 0. The van der Waals surface area contributed by atoms with E-state index >= 15 is 0 Å². The van der Waals surface area contributed by atoms with Gasteiger partial charge in [0.05, 0.1) is 30.9 Å². The van der Waals surface area contributed by atoms with Crippen molar-refractivity contribution in [2.45, 2.75) is 51.5 Å². The van der Waals surface area contributed by atoms with Crippen LogP contribution in [0.25, 0.3) is 0 Å². The lowest BCUT2D eigenvalue weighted by Crippen LogP contribution is -2.59. The van der Waals surface area contributed by atoms with Crippen LogP contribution in [0.3, 0.4) is 0 Å².